The summed E-state index contributed by atoms with van der Waals surface area (Å²) in [5.74, 6) is 0.688. The lowest BCUT2D eigenvalue weighted by Crippen LogP contribution is -2.10. The van der Waals surface area contributed by atoms with Crippen LogP contribution in [0.15, 0.2) is 35.3 Å². The highest BCUT2D eigenvalue weighted by Crippen LogP contribution is 2.11. The number of methoxy groups -OCH3 is 1. The standard InChI is InChI=1S/C10H12N2O2S/c1-14-10(13)12-9(11)15-7-8-5-3-2-4-6-8/h2-6H,7H2,1H3,(H2,11,12,13). The number of nitrogens with zero attached hydrogens (tertiary/aromatic N) is 1. The van der Waals surface area contributed by atoms with Crippen LogP contribution < -0.4 is 5.73 Å². The number of nitrogens with two attached hydrogens (primary N) is 1. The molecule has 0 bridgehead atoms. The average molecular weight is 224 g/mol. The van der Waals surface area contributed by atoms with Crippen molar-refractivity contribution >= 4 is 23.0 Å². The third-order valence-corrected chi connectivity index (χ3v) is 2.47. The predicted molar refractivity (Wildman–Crippen MR) is 61.8 cm³/mol. The number of carbonyl (C=O) groups excluding carboxylic acids is 1. The van der Waals surface area contributed by atoms with Crippen LogP contribution in [0.1, 0.15) is 5.56 Å². The minimum absolute atomic E-state index is 0.214. The summed E-state index contributed by atoms with van der Waals surface area (Å²) in [5, 5.41) is 0.214. The van der Waals surface area contributed by atoms with Crippen LogP contribution in [0.25, 0.3) is 0 Å². The van der Waals surface area contributed by atoms with E-state index in [9.17, 15) is 4.79 Å². The van der Waals surface area contributed by atoms with Gasteiger partial charge < -0.3 is 10.5 Å². The first kappa shape index (κ1) is 11.6. The van der Waals surface area contributed by atoms with E-state index in [4.69, 9.17) is 5.73 Å². The number of hydrogen-bond acceptors (Lipinski definition) is 3. The van der Waals surface area contributed by atoms with Gasteiger partial charge in [-0.25, -0.2) is 4.79 Å². The fraction of sp³-hybridized carbons (Fsp3) is 0.200. The summed E-state index contributed by atoms with van der Waals surface area (Å²) in [7, 11) is 1.26. The molecule has 1 aromatic rings. The average Bonchev–Trinajstić information content (AvgIpc) is 2.27. The van der Waals surface area contributed by atoms with Crippen molar-refractivity contribution in [2.75, 3.05) is 7.11 Å². The molecule has 80 valence electrons. The maximum Gasteiger partial charge on any atom is 0.435 e. The maximum absolute atomic E-state index is 10.7. The molecular formula is C10H12N2O2S. The minimum atomic E-state index is -0.673. The Labute approximate surface area is 92.5 Å². The summed E-state index contributed by atoms with van der Waals surface area (Å²) in [5.41, 5.74) is 6.64. The van der Waals surface area contributed by atoms with E-state index < -0.39 is 6.09 Å². The molecule has 0 radical (unpaired) electrons. The lowest BCUT2D eigenvalue weighted by molar-refractivity contribution is 0.182. The summed E-state index contributed by atoms with van der Waals surface area (Å²) in [6, 6.07) is 9.81. The highest BCUT2D eigenvalue weighted by Gasteiger charge is 2.00. The van der Waals surface area contributed by atoms with Crippen molar-refractivity contribution in [3.63, 3.8) is 0 Å². The van der Waals surface area contributed by atoms with Crippen molar-refractivity contribution in [1.29, 1.82) is 0 Å². The summed E-state index contributed by atoms with van der Waals surface area (Å²) < 4.78 is 4.35. The molecule has 0 fully saturated rings. The Morgan fingerprint density at radius 2 is 2.13 bits per heavy atom. The first-order chi connectivity index (χ1) is 7.22. The number of ether oxygens (including phenoxy) is 1. The van der Waals surface area contributed by atoms with Crippen LogP contribution in [0.3, 0.4) is 0 Å². The molecule has 1 aromatic carbocycles. The SMILES string of the molecule is COC(=O)N=C(N)SCc1ccccc1. The zero-order valence-electron chi connectivity index (χ0n) is 8.34. The molecule has 0 saturated heterocycles. The Balaban J connectivity index is 2.44. The summed E-state index contributed by atoms with van der Waals surface area (Å²) >= 11 is 1.30. The van der Waals surface area contributed by atoms with E-state index in [1.54, 1.807) is 0 Å². The molecule has 0 heterocycles. The van der Waals surface area contributed by atoms with Gasteiger partial charge in [-0.3, -0.25) is 0 Å². The van der Waals surface area contributed by atoms with Gasteiger partial charge in [-0.1, -0.05) is 42.1 Å². The first-order valence-electron chi connectivity index (χ1n) is 4.31. The Morgan fingerprint density at radius 3 is 2.73 bits per heavy atom. The fourth-order valence-electron chi connectivity index (χ4n) is 0.899. The van der Waals surface area contributed by atoms with Crippen molar-refractivity contribution < 1.29 is 9.53 Å². The van der Waals surface area contributed by atoms with E-state index in [-0.39, 0.29) is 5.17 Å². The molecule has 5 heteroatoms. The Hall–Kier alpha value is -1.49. The van der Waals surface area contributed by atoms with Crippen LogP contribution in [0.5, 0.6) is 0 Å². The minimum Gasteiger partial charge on any atom is -0.451 e. The van der Waals surface area contributed by atoms with Gasteiger partial charge in [0.1, 0.15) is 0 Å². The maximum atomic E-state index is 10.7. The summed E-state index contributed by atoms with van der Waals surface area (Å²) in [6.45, 7) is 0. The number of hydrogen-bond donors (Lipinski definition) is 1. The topological polar surface area (TPSA) is 64.7 Å². The van der Waals surface area contributed by atoms with E-state index >= 15 is 0 Å². The Morgan fingerprint density at radius 1 is 1.47 bits per heavy atom. The monoisotopic (exact) mass is 224 g/mol. The van der Waals surface area contributed by atoms with Crippen LogP contribution in [-0.4, -0.2) is 18.4 Å². The third kappa shape index (κ3) is 4.51. The van der Waals surface area contributed by atoms with Crippen molar-refractivity contribution in [2.45, 2.75) is 5.75 Å². The highest BCUT2D eigenvalue weighted by molar-refractivity contribution is 8.13. The molecule has 0 unspecified atom stereocenters. The number of amidine groups is 1. The van der Waals surface area contributed by atoms with Gasteiger partial charge in [-0.05, 0) is 5.56 Å². The van der Waals surface area contributed by atoms with Crippen molar-refractivity contribution in [1.82, 2.24) is 0 Å². The van der Waals surface area contributed by atoms with Crippen LogP contribution >= 0.6 is 11.8 Å². The molecule has 2 N–H and O–H groups in total. The molecule has 0 aliphatic heterocycles. The van der Waals surface area contributed by atoms with E-state index in [0.29, 0.717) is 5.75 Å². The summed E-state index contributed by atoms with van der Waals surface area (Å²) in [4.78, 5) is 14.2. The molecule has 1 rings (SSSR count). The van der Waals surface area contributed by atoms with Gasteiger partial charge in [0.2, 0.25) is 0 Å². The smallest absolute Gasteiger partial charge is 0.435 e. The van der Waals surface area contributed by atoms with Crippen LogP contribution in [0, 0.1) is 0 Å². The van der Waals surface area contributed by atoms with Gasteiger partial charge in [0.05, 0.1) is 7.11 Å². The number of benzene rings is 1. The van der Waals surface area contributed by atoms with E-state index in [0.717, 1.165) is 5.56 Å². The molecular weight excluding hydrogens is 212 g/mol. The number of carbonyl (C=O) groups is 1. The molecule has 0 aromatic heterocycles. The number of amides is 1. The van der Waals surface area contributed by atoms with Crippen molar-refractivity contribution in [3.8, 4) is 0 Å². The van der Waals surface area contributed by atoms with Gasteiger partial charge in [0.15, 0.2) is 5.17 Å². The fourth-order valence-corrected chi connectivity index (χ4v) is 1.55. The molecule has 0 saturated carbocycles. The normalized spacial score (nSPS) is 11.1. The quantitative estimate of drug-likeness (QED) is 0.616. The zero-order chi connectivity index (χ0) is 11.1. The highest BCUT2D eigenvalue weighted by atomic mass is 32.2. The molecule has 1 amide bonds. The lowest BCUT2D eigenvalue weighted by Gasteiger charge is -2.00. The van der Waals surface area contributed by atoms with Gasteiger partial charge in [0.25, 0.3) is 0 Å². The second-order valence-corrected chi connectivity index (χ2v) is 3.69. The number of thioether (sulfide) groups is 1. The van der Waals surface area contributed by atoms with Crippen LogP contribution in [0.4, 0.5) is 4.79 Å². The molecule has 0 atom stereocenters. The van der Waals surface area contributed by atoms with Crippen LogP contribution in [-0.2, 0) is 10.5 Å². The Bertz CT molecular complexity index is 352. The Kier molecular flexibility index (Phi) is 4.70. The number of aliphatic imine (C=N–C) groups is 1. The van der Waals surface area contributed by atoms with Gasteiger partial charge >= 0.3 is 6.09 Å². The van der Waals surface area contributed by atoms with E-state index in [1.165, 1.54) is 18.9 Å². The molecule has 15 heavy (non-hydrogen) atoms. The first-order valence-corrected chi connectivity index (χ1v) is 5.30. The lowest BCUT2D eigenvalue weighted by atomic mass is 10.2. The predicted octanol–water partition coefficient (Wildman–Crippen LogP) is 2.00. The molecule has 0 spiro atoms. The number of rotatable bonds is 2. The van der Waals surface area contributed by atoms with E-state index in [1.807, 2.05) is 30.3 Å². The molecule has 4 nitrogen and oxygen atoms in total. The van der Waals surface area contributed by atoms with Crippen molar-refractivity contribution in [3.05, 3.63) is 35.9 Å². The summed E-state index contributed by atoms with van der Waals surface area (Å²) in [6.07, 6.45) is -0.673. The van der Waals surface area contributed by atoms with Crippen LogP contribution in [0.2, 0.25) is 0 Å². The van der Waals surface area contributed by atoms with Gasteiger partial charge in [-0.15, -0.1) is 0 Å². The second-order valence-electron chi connectivity index (χ2n) is 2.69. The second kappa shape index (κ2) is 6.08. The van der Waals surface area contributed by atoms with Gasteiger partial charge in [-0.2, -0.15) is 4.99 Å². The third-order valence-electron chi connectivity index (χ3n) is 1.61. The van der Waals surface area contributed by atoms with Crippen molar-refractivity contribution in [2.24, 2.45) is 10.7 Å². The van der Waals surface area contributed by atoms with E-state index in [2.05, 4.69) is 9.73 Å². The molecule has 0 aliphatic carbocycles. The molecule has 0 aliphatic rings. The zero-order valence-corrected chi connectivity index (χ0v) is 9.16. The largest absolute Gasteiger partial charge is 0.451 e. The van der Waals surface area contributed by atoms with Gasteiger partial charge in [0, 0.05) is 5.75 Å².